The number of methoxy groups -OCH3 is 2. The van der Waals surface area contributed by atoms with Crippen molar-refractivity contribution in [1.29, 1.82) is 0 Å². The summed E-state index contributed by atoms with van der Waals surface area (Å²) < 4.78 is 10.6. The molecule has 28 heavy (non-hydrogen) atoms. The summed E-state index contributed by atoms with van der Waals surface area (Å²) in [5.41, 5.74) is 2.79. The van der Waals surface area contributed by atoms with Crippen molar-refractivity contribution in [3.05, 3.63) is 71.3 Å². The van der Waals surface area contributed by atoms with E-state index < -0.39 is 0 Å². The SMILES string of the molecule is COCc1cc(C(=O)N2CCN(C/C=C/c3ccccc3)CC2)ccc1OC. The number of rotatable bonds is 7. The molecule has 0 aromatic heterocycles. The van der Waals surface area contributed by atoms with Gasteiger partial charge in [-0.25, -0.2) is 0 Å². The van der Waals surface area contributed by atoms with Gasteiger partial charge in [-0.05, 0) is 23.8 Å². The van der Waals surface area contributed by atoms with Crippen LogP contribution in [0.3, 0.4) is 0 Å². The molecule has 0 bridgehead atoms. The van der Waals surface area contributed by atoms with Gasteiger partial charge in [-0.15, -0.1) is 0 Å². The molecule has 0 N–H and O–H groups in total. The predicted octanol–water partition coefficient (Wildman–Crippen LogP) is 3.31. The van der Waals surface area contributed by atoms with Gasteiger partial charge in [-0.3, -0.25) is 9.69 Å². The maximum atomic E-state index is 12.9. The van der Waals surface area contributed by atoms with Gasteiger partial charge in [0.1, 0.15) is 5.75 Å². The normalized spacial score (nSPS) is 15.1. The summed E-state index contributed by atoms with van der Waals surface area (Å²) in [7, 11) is 3.26. The molecule has 1 heterocycles. The quantitative estimate of drug-likeness (QED) is 0.739. The number of benzene rings is 2. The maximum absolute atomic E-state index is 12.9. The lowest BCUT2D eigenvalue weighted by molar-refractivity contribution is 0.0650. The topological polar surface area (TPSA) is 42.0 Å². The zero-order chi connectivity index (χ0) is 19.8. The standard InChI is InChI=1S/C23H28N2O3/c1-27-18-21-17-20(10-11-22(21)28-2)23(26)25-15-13-24(14-16-25)12-6-9-19-7-4-3-5-8-19/h3-11,17H,12-16,18H2,1-2H3/b9-6+. The van der Waals surface area contributed by atoms with Gasteiger partial charge in [0, 0.05) is 51.0 Å². The molecule has 1 fully saturated rings. The van der Waals surface area contributed by atoms with E-state index in [1.165, 1.54) is 5.56 Å². The van der Waals surface area contributed by atoms with Crippen LogP contribution in [0, 0.1) is 0 Å². The summed E-state index contributed by atoms with van der Waals surface area (Å²) in [6.07, 6.45) is 4.33. The molecule has 3 rings (SSSR count). The van der Waals surface area contributed by atoms with Crippen LogP contribution in [0.4, 0.5) is 0 Å². The number of ether oxygens (including phenoxy) is 2. The molecule has 0 radical (unpaired) electrons. The first-order valence-electron chi connectivity index (χ1n) is 9.60. The number of amides is 1. The van der Waals surface area contributed by atoms with E-state index in [0.717, 1.165) is 44.0 Å². The number of hydrogen-bond donors (Lipinski definition) is 0. The molecule has 1 amide bonds. The number of carbonyl (C=O) groups is 1. The molecule has 0 saturated carbocycles. The Kier molecular flexibility index (Phi) is 7.23. The van der Waals surface area contributed by atoms with E-state index in [1.807, 2.05) is 41.3 Å². The molecule has 0 atom stereocenters. The van der Waals surface area contributed by atoms with Crippen LogP contribution >= 0.6 is 0 Å². The monoisotopic (exact) mass is 380 g/mol. The van der Waals surface area contributed by atoms with Gasteiger partial charge >= 0.3 is 0 Å². The first kappa shape index (κ1) is 20.1. The molecule has 148 valence electrons. The summed E-state index contributed by atoms with van der Waals surface area (Å²) in [6, 6.07) is 15.8. The van der Waals surface area contributed by atoms with Crippen LogP contribution in [-0.2, 0) is 11.3 Å². The second kappa shape index (κ2) is 10.1. The summed E-state index contributed by atoms with van der Waals surface area (Å²) in [5.74, 6) is 0.813. The molecule has 2 aromatic rings. The highest BCUT2D eigenvalue weighted by Gasteiger charge is 2.22. The van der Waals surface area contributed by atoms with Gasteiger partial charge in [-0.2, -0.15) is 0 Å². The van der Waals surface area contributed by atoms with Crippen LogP contribution in [0.25, 0.3) is 6.08 Å². The summed E-state index contributed by atoms with van der Waals surface area (Å²) >= 11 is 0. The first-order valence-corrected chi connectivity index (χ1v) is 9.60. The minimum atomic E-state index is 0.0690. The third kappa shape index (κ3) is 5.21. The summed E-state index contributed by atoms with van der Waals surface area (Å²) in [5, 5.41) is 0. The van der Waals surface area contributed by atoms with Crippen molar-refractivity contribution in [2.24, 2.45) is 0 Å². The fraction of sp³-hybridized carbons (Fsp3) is 0.348. The highest BCUT2D eigenvalue weighted by Crippen LogP contribution is 2.22. The van der Waals surface area contributed by atoms with Gasteiger partial charge < -0.3 is 14.4 Å². The molecule has 5 heteroatoms. The number of piperazine rings is 1. The molecular formula is C23H28N2O3. The van der Waals surface area contributed by atoms with Crippen molar-refractivity contribution in [1.82, 2.24) is 9.80 Å². The van der Waals surface area contributed by atoms with Gasteiger partial charge in [0.05, 0.1) is 13.7 Å². The highest BCUT2D eigenvalue weighted by atomic mass is 16.5. The van der Waals surface area contributed by atoms with Crippen LogP contribution in [0.1, 0.15) is 21.5 Å². The lowest BCUT2D eigenvalue weighted by Crippen LogP contribution is -2.48. The fourth-order valence-electron chi connectivity index (χ4n) is 3.40. The van der Waals surface area contributed by atoms with E-state index in [-0.39, 0.29) is 5.91 Å². The molecular weight excluding hydrogens is 352 g/mol. The zero-order valence-corrected chi connectivity index (χ0v) is 16.6. The number of carbonyl (C=O) groups excluding carboxylic acids is 1. The van der Waals surface area contributed by atoms with Crippen LogP contribution in [0.2, 0.25) is 0 Å². The van der Waals surface area contributed by atoms with Crippen LogP contribution in [0.15, 0.2) is 54.6 Å². The summed E-state index contributed by atoms with van der Waals surface area (Å²) in [6.45, 7) is 4.56. The van der Waals surface area contributed by atoms with Crippen LogP contribution < -0.4 is 4.74 Å². The van der Waals surface area contributed by atoms with Gasteiger partial charge in [0.15, 0.2) is 0 Å². The molecule has 2 aromatic carbocycles. The highest BCUT2D eigenvalue weighted by molar-refractivity contribution is 5.94. The molecule has 1 aliphatic heterocycles. The minimum Gasteiger partial charge on any atom is -0.496 e. The average Bonchev–Trinajstić information content (AvgIpc) is 2.75. The smallest absolute Gasteiger partial charge is 0.253 e. The Morgan fingerprint density at radius 2 is 1.79 bits per heavy atom. The van der Waals surface area contributed by atoms with E-state index in [0.29, 0.717) is 12.2 Å². The lowest BCUT2D eigenvalue weighted by Gasteiger charge is -2.34. The van der Waals surface area contributed by atoms with Crippen molar-refractivity contribution in [2.45, 2.75) is 6.61 Å². The molecule has 0 unspecified atom stereocenters. The Morgan fingerprint density at radius 3 is 2.46 bits per heavy atom. The fourth-order valence-corrected chi connectivity index (χ4v) is 3.40. The molecule has 1 saturated heterocycles. The van der Waals surface area contributed by atoms with Crippen molar-refractivity contribution in [3.63, 3.8) is 0 Å². The Hall–Kier alpha value is -2.63. The lowest BCUT2D eigenvalue weighted by atomic mass is 10.1. The third-order valence-corrected chi connectivity index (χ3v) is 4.96. The van der Waals surface area contributed by atoms with E-state index in [4.69, 9.17) is 9.47 Å². The molecule has 0 spiro atoms. The first-order chi connectivity index (χ1) is 13.7. The van der Waals surface area contributed by atoms with Gasteiger partial charge in [0.25, 0.3) is 5.91 Å². The molecule has 1 aliphatic rings. The van der Waals surface area contributed by atoms with Crippen LogP contribution in [0.5, 0.6) is 5.75 Å². The number of hydrogen-bond acceptors (Lipinski definition) is 4. The Morgan fingerprint density at radius 1 is 1.04 bits per heavy atom. The maximum Gasteiger partial charge on any atom is 0.253 e. The largest absolute Gasteiger partial charge is 0.496 e. The number of nitrogens with zero attached hydrogens (tertiary/aromatic N) is 2. The van der Waals surface area contributed by atoms with Crippen molar-refractivity contribution in [3.8, 4) is 5.75 Å². The molecule has 5 nitrogen and oxygen atoms in total. The van der Waals surface area contributed by atoms with Crippen molar-refractivity contribution < 1.29 is 14.3 Å². The van der Waals surface area contributed by atoms with E-state index in [9.17, 15) is 4.79 Å². The summed E-state index contributed by atoms with van der Waals surface area (Å²) in [4.78, 5) is 17.2. The second-order valence-corrected chi connectivity index (χ2v) is 6.87. The van der Waals surface area contributed by atoms with Crippen molar-refractivity contribution >= 4 is 12.0 Å². The second-order valence-electron chi connectivity index (χ2n) is 6.87. The molecule has 0 aliphatic carbocycles. The van der Waals surface area contributed by atoms with E-state index in [1.54, 1.807) is 14.2 Å². The third-order valence-electron chi connectivity index (χ3n) is 4.96. The Balaban J connectivity index is 1.53. The Labute approximate surface area is 167 Å². The van der Waals surface area contributed by atoms with E-state index >= 15 is 0 Å². The Bertz CT molecular complexity index is 797. The van der Waals surface area contributed by atoms with E-state index in [2.05, 4.69) is 29.2 Å². The van der Waals surface area contributed by atoms with Gasteiger partial charge in [-0.1, -0.05) is 42.5 Å². The van der Waals surface area contributed by atoms with Crippen LogP contribution in [-0.4, -0.2) is 62.7 Å². The zero-order valence-electron chi connectivity index (χ0n) is 16.6. The average molecular weight is 380 g/mol. The minimum absolute atomic E-state index is 0.0690. The van der Waals surface area contributed by atoms with Crippen molar-refractivity contribution in [2.75, 3.05) is 46.9 Å². The van der Waals surface area contributed by atoms with Gasteiger partial charge in [0.2, 0.25) is 0 Å². The predicted molar refractivity (Wildman–Crippen MR) is 112 cm³/mol.